The number of rotatable bonds is 2. The maximum absolute atomic E-state index is 12.1. The van der Waals surface area contributed by atoms with Gasteiger partial charge in [-0.25, -0.2) is 4.31 Å². The zero-order chi connectivity index (χ0) is 13.3. The van der Waals surface area contributed by atoms with Gasteiger partial charge in [-0.2, -0.15) is 0 Å². The van der Waals surface area contributed by atoms with Gasteiger partial charge in [0.1, 0.15) is 0 Å². The molecule has 1 atom stereocenters. The third-order valence-electron chi connectivity index (χ3n) is 2.50. The number of alkyl halides is 3. The van der Waals surface area contributed by atoms with Gasteiger partial charge < -0.3 is 0 Å². The van der Waals surface area contributed by atoms with E-state index in [0.717, 1.165) is 9.87 Å². The lowest BCUT2D eigenvalue weighted by Gasteiger charge is -2.18. The van der Waals surface area contributed by atoms with Gasteiger partial charge in [0.15, 0.2) is 0 Å². The van der Waals surface area contributed by atoms with Crippen LogP contribution in [0.5, 0.6) is 0 Å². The van der Waals surface area contributed by atoms with Gasteiger partial charge in [0, 0.05) is 18.4 Å². The number of carbonyl (C=O) groups excluding carboxylic acids is 2. The van der Waals surface area contributed by atoms with Crippen molar-refractivity contribution in [1.29, 1.82) is 0 Å². The SMILES string of the molecule is O=C1CC(c2ccccc2)C(=O)N1SC(Cl)(Cl)Cl. The summed E-state index contributed by atoms with van der Waals surface area (Å²) in [6.07, 6.45) is 0.108. The molecule has 0 N–H and O–H groups in total. The molecule has 1 heterocycles. The first-order valence-corrected chi connectivity index (χ1v) is 6.97. The summed E-state index contributed by atoms with van der Waals surface area (Å²) in [5, 5.41) is 0. The Hall–Kier alpha value is -0.420. The van der Waals surface area contributed by atoms with E-state index < -0.39 is 9.04 Å². The molecule has 7 heteroatoms. The first kappa shape index (κ1) is 14.0. The number of benzene rings is 1. The second-order valence-electron chi connectivity index (χ2n) is 3.73. The summed E-state index contributed by atoms with van der Waals surface area (Å²) >= 11 is 17.4. The van der Waals surface area contributed by atoms with Crippen molar-refractivity contribution in [2.75, 3.05) is 0 Å². The van der Waals surface area contributed by atoms with Crippen molar-refractivity contribution in [2.45, 2.75) is 15.5 Å². The average Bonchev–Trinajstić information content (AvgIpc) is 2.56. The Morgan fingerprint density at radius 2 is 1.78 bits per heavy atom. The van der Waals surface area contributed by atoms with Crippen LogP contribution < -0.4 is 0 Å². The molecule has 1 unspecified atom stereocenters. The molecule has 1 aliphatic rings. The van der Waals surface area contributed by atoms with E-state index in [1.54, 1.807) is 12.1 Å². The predicted octanol–water partition coefficient (Wildman–Crippen LogP) is 3.51. The van der Waals surface area contributed by atoms with Gasteiger partial charge in [-0.15, -0.1) is 0 Å². The van der Waals surface area contributed by atoms with Gasteiger partial charge in [-0.1, -0.05) is 65.1 Å². The third kappa shape index (κ3) is 3.12. The molecular weight excluding hydrogens is 317 g/mol. The van der Waals surface area contributed by atoms with Crippen molar-refractivity contribution in [3.05, 3.63) is 35.9 Å². The van der Waals surface area contributed by atoms with Gasteiger partial charge in [-0.05, 0) is 5.56 Å². The van der Waals surface area contributed by atoms with E-state index in [2.05, 4.69) is 0 Å². The fourth-order valence-corrected chi connectivity index (χ4v) is 2.98. The van der Waals surface area contributed by atoms with Crippen LogP contribution in [0.15, 0.2) is 30.3 Å². The van der Waals surface area contributed by atoms with Gasteiger partial charge in [-0.3, -0.25) is 9.59 Å². The zero-order valence-electron chi connectivity index (χ0n) is 8.98. The van der Waals surface area contributed by atoms with E-state index in [9.17, 15) is 9.59 Å². The maximum atomic E-state index is 12.1. The van der Waals surface area contributed by atoms with E-state index >= 15 is 0 Å². The van der Waals surface area contributed by atoms with E-state index in [0.29, 0.717) is 11.9 Å². The molecule has 0 spiro atoms. The smallest absolute Gasteiger partial charge is 0.256 e. The maximum Gasteiger partial charge on any atom is 0.256 e. The van der Waals surface area contributed by atoms with Crippen LogP contribution in [-0.4, -0.2) is 19.2 Å². The number of hydrogen-bond donors (Lipinski definition) is 0. The van der Waals surface area contributed by atoms with Crippen LogP contribution in [-0.2, 0) is 9.59 Å². The van der Waals surface area contributed by atoms with E-state index in [1.165, 1.54) is 0 Å². The van der Waals surface area contributed by atoms with Crippen LogP contribution in [0.3, 0.4) is 0 Å². The Morgan fingerprint density at radius 1 is 1.17 bits per heavy atom. The van der Waals surface area contributed by atoms with Gasteiger partial charge in [0.05, 0.1) is 5.92 Å². The summed E-state index contributed by atoms with van der Waals surface area (Å²) in [7, 11) is 0. The summed E-state index contributed by atoms with van der Waals surface area (Å²) in [4.78, 5) is 23.9. The van der Waals surface area contributed by atoms with Crippen molar-refractivity contribution >= 4 is 58.6 Å². The van der Waals surface area contributed by atoms with E-state index in [1.807, 2.05) is 18.2 Å². The molecule has 2 rings (SSSR count). The minimum Gasteiger partial charge on any atom is -0.273 e. The Labute approximate surface area is 124 Å². The van der Waals surface area contributed by atoms with Gasteiger partial charge in [0.2, 0.25) is 11.8 Å². The first-order chi connectivity index (χ1) is 8.38. The van der Waals surface area contributed by atoms with Crippen LogP contribution in [0.25, 0.3) is 0 Å². The van der Waals surface area contributed by atoms with Crippen LogP contribution in [0.4, 0.5) is 0 Å². The zero-order valence-corrected chi connectivity index (χ0v) is 12.1. The molecule has 0 aromatic heterocycles. The lowest BCUT2D eigenvalue weighted by Crippen LogP contribution is -2.26. The van der Waals surface area contributed by atoms with Crippen LogP contribution in [0.1, 0.15) is 17.9 Å². The van der Waals surface area contributed by atoms with Crippen LogP contribution in [0.2, 0.25) is 0 Å². The standard InChI is InChI=1S/C11H8Cl3NO2S/c12-11(13,14)18-15-9(16)6-8(10(15)17)7-4-2-1-3-5-7/h1-5,8H,6H2. The topological polar surface area (TPSA) is 37.4 Å². The number of amides is 2. The average molecular weight is 325 g/mol. The van der Waals surface area contributed by atoms with Crippen molar-refractivity contribution in [3.63, 3.8) is 0 Å². The quantitative estimate of drug-likeness (QED) is 0.475. The fraction of sp³-hybridized carbons (Fsp3) is 0.273. The summed E-state index contributed by atoms with van der Waals surface area (Å²) < 4.78 is -0.790. The van der Waals surface area contributed by atoms with E-state index in [-0.39, 0.29) is 18.2 Å². The highest BCUT2D eigenvalue weighted by Crippen LogP contribution is 2.45. The molecule has 1 aliphatic heterocycles. The number of nitrogens with zero attached hydrogens (tertiary/aromatic N) is 1. The Kier molecular flexibility index (Phi) is 4.11. The van der Waals surface area contributed by atoms with Crippen molar-refractivity contribution in [3.8, 4) is 0 Å². The second-order valence-corrected chi connectivity index (χ2v) is 7.84. The Balaban J connectivity index is 2.20. The normalized spacial score (nSPS) is 20.6. The molecule has 0 radical (unpaired) electrons. The number of carbonyl (C=O) groups is 2. The molecule has 1 aromatic rings. The van der Waals surface area contributed by atoms with Crippen molar-refractivity contribution in [1.82, 2.24) is 4.31 Å². The molecule has 96 valence electrons. The summed E-state index contributed by atoms with van der Waals surface area (Å²) in [6, 6.07) is 9.09. The number of imide groups is 1. The summed E-state index contributed by atoms with van der Waals surface area (Å²) in [5.74, 6) is -1.17. The summed E-state index contributed by atoms with van der Waals surface area (Å²) in [6.45, 7) is 0. The van der Waals surface area contributed by atoms with Gasteiger partial charge in [0.25, 0.3) is 3.12 Å². The summed E-state index contributed by atoms with van der Waals surface area (Å²) in [5.41, 5.74) is 0.795. The molecule has 1 fully saturated rings. The van der Waals surface area contributed by atoms with Gasteiger partial charge >= 0.3 is 0 Å². The largest absolute Gasteiger partial charge is 0.273 e. The number of halogens is 3. The van der Waals surface area contributed by atoms with Crippen molar-refractivity contribution in [2.24, 2.45) is 0 Å². The molecule has 0 bridgehead atoms. The second kappa shape index (κ2) is 5.29. The minimum atomic E-state index is -1.73. The molecule has 1 saturated heterocycles. The molecular formula is C11H8Cl3NO2S. The molecule has 0 aliphatic carbocycles. The molecule has 18 heavy (non-hydrogen) atoms. The minimum absolute atomic E-state index is 0.108. The Bertz CT molecular complexity index is 475. The molecule has 1 aromatic carbocycles. The fourth-order valence-electron chi connectivity index (χ4n) is 1.75. The highest BCUT2D eigenvalue weighted by molar-refractivity contribution is 8.03. The molecule has 0 saturated carbocycles. The van der Waals surface area contributed by atoms with E-state index in [4.69, 9.17) is 34.8 Å². The molecule has 2 amide bonds. The highest BCUT2D eigenvalue weighted by atomic mass is 35.6. The Morgan fingerprint density at radius 3 is 2.33 bits per heavy atom. The first-order valence-electron chi connectivity index (χ1n) is 5.06. The number of hydrogen-bond acceptors (Lipinski definition) is 3. The third-order valence-corrected chi connectivity index (χ3v) is 3.89. The lowest BCUT2D eigenvalue weighted by molar-refractivity contribution is -0.132. The predicted molar refractivity (Wildman–Crippen MR) is 73.5 cm³/mol. The van der Waals surface area contributed by atoms with Crippen molar-refractivity contribution < 1.29 is 9.59 Å². The monoisotopic (exact) mass is 323 g/mol. The van der Waals surface area contributed by atoms with Crippen LogP contribution >= 0.6 is 46.8 Å². The lowest BCUT2D eigenvalue weighted by atomic mass is 9.98. The molecule has 3 nitrogen and oxygen atoms in total. The van der Waals surface area contributed by atoms with Crippen LogP contribution in [0, 0.1) is 0 Å². The highest BCUT2D eigenvalue weighted by Gasteiger charge is 2.43.